The Morgan fingerprint density at radius 2 is 2.04 bits per heavy atom. The van der Waals surface area contributed by atoms with Crippen LogP contribution in [0.3, 0.4) is 0 Å². The lowest BCUT2D eigenvalue weighted by atomic mass is 10.3. The van der Waals surface area contributed by atoms with E-state index >= 15 is 0 Å². The maximum atomic E-state index is 12.2. The van der Waals surface area contributed by atoms with Gasteiger partial charge in [0.1, 0.15) is 0 Å². The van der Waals surface area contributed by atoms with Crippen LogP contribution in [0.25, 0.3) is 5.69 Å². The highest BCUT2D eigenvalue weighted by Crippen LogP contribution is 2.15. The number of halogens is 1. The summed E-state index contributed by atoms with van der Waals surface area (Å²) >= 11 is 3.37. The summed E-state index contributed by atoms with van der Waals surface area (Å²) in [5.74, 6) is -0.687. The zero-order chi connectivity index (χ0) is 17.1. The highest BCUT2D eigenvalue weighted by molar-refractivity contribution is 9.10. The number of aromatic nitrogens is 2. The molecule has 1 aromatic heterocycles. The summed E-state index contributed by atoms with van der Waals surface area (Å²) in [4.78, 5) is 24.6. The zero-order valence-electron chi connectivity index (χ0n) is 12.6. The number of hydrogen-bond acceptors (Lipinski definition) is 4. The lowest BCUT2D eigenvalue weighted by Gasteiger charge is -2.30. The minimum Gasteiger partial charge on any atom is -0.479 e. The van der Waals surface area contributed by atoms with Gasteiger partial charge in [-0.05, 0) is 24.3 Å². The molecule has 126 valence electrons. The number of nitrogens with zero attached hydrogens (tertiary/aromatic N) is 3. The van der Waals surface area contributed by atoms with E-state index in [0.717, 1.165) is 10.2 Å². The molecule has 1 aliphatic rings. The average molecular weight is 395 g/mol. The van der Waals surface area contributed by atoms with Crippen LogP contribution in [-0.4, -0.2) is 57.6 Å². The number of benzene rings is 1. The van der Waals surface area contributed by atoms with E-state index in [4.69, 9.17) is 9.84 Å². The number of ether oxygens (including phenoxy) is 1. The summed E-state index contributed by atoms with van der Waals surface area (Å²) in [5, 5.41) is 15.9. The molecule has 0 radical (unpaired) electrons. The topological polar surface area (TPSA) is 96.7 Å². The smallest absolute Gasteiger partial charge is 0.334 e. The van der Waals surface area contributed by atoms with E-state index in [1.165, 1.54) is 4.90 Å². The van der Waals surface area contributed by atoms with Crippen LogP contribution in [0.1, 0.15) is 0 Å². The van der Waals surface area contributed by atoms with Gasteiger partial charge in [-0.2, -0.15) is 0 Å². The van der Waals surface area contributed by atoms with Crippen LogP contribution >= 0.6 is 15.9 Å². The summed E-state index contributed by atoms with van der Waals surface area (Å²) in [6, 6.07) is 8.86. The molecule has 2 amide bonds. The van der Waals surface area contributed by atoms with E-state index in [1.807, 2.05) is 24.3 Å². The van der Waals surface area contributed by atoms with Crippen molar-refractivity contribution in [1.29, 1.82) is 0 Å². The Morgan fingerprint density at radius 3 is 2.75 bits per heavy atom. The molecule has 8 nitrogen and oxygen atoms in total. The molecule has 24 heavy (non-hydrogen) atoms. The van der Waals surface area contributed by atoms with Gasteiger partial charge < -0.3 is 14.7 Å². The van der Waals surface area contributed by atoms with Crippen LogP contribution in [0.2, 0.25) is 0 Å². The van der Waals surface area contributed by atoms with Crippen LogP contribution in [0.4, 0.5) is 10.6 Å². The van der Waals surface area contributed by atoms with Crippen molar-refractivity contribution in [2.45, 2.75) is 6.10 Å². The Bertz CT molecular complexity index is 746. The van der Waals surface area contributed by atoms with Gasteiger partial charge in [0.2, 0.25) is 0 Å². The van der Waals surface area contributed by atoms with Crippen LogP contribution in [-0.2, 0) is 9.53 Å². The third-order valence-corrected chi connectivity index (χ3v) is 4.07. The molecule has 2 aromatic rings. The molecule has 2 N–H and O–H groups in total. The predicted octanol–water partition coefficient (Wildman–Crippen LogP) is 1.95. The van der Waals surface area contributed by atoms with Crippen molar-refractivity contribution in [3.63, 3.8) is 0 Å². The molecule has 1 aromatic carbocycles. The highest BCUT2D eigenvalue weighted by atomic mass is 79.9. The van der Waals surface area contributed by atoms with Crippen LogP contribution in [0.5, 0.6) is 0 Å². The lowest BCUT2D eigenvalue weighted by Crippen LogP contribution is -2.49. The Labute approximate surface area is 146 Å². The first-order valence-corrected chi connectivity index (χ1v) is 8.04. The van der Waals surface area contributed by atoms with E-state index in [9.17, 15) is 9.59 Å². The van der Waals surface area contributed by atoms with E-state index in [-0.39, 0.29) is 13.2 Å². The first kappa shape index (κ1) is 16.5. The largest absolute Gasteiger partial charge is 0.479 e. The van der Waals surface area contributed by atoms with E-state index in [0.29, 0.717) is 12.4 Å². The third-order valence-electron chi connectivity index (χ3n) is 3.54. The number of carbonyl (C=O) groups is 2. The summed E-state index contributed by atoms with van der Waals surface area (Å²) in [7, 11) is 0. The van der Waals surface area contributed by atoms with E-state index in [1.54, 1.807) is 16.9 Å². The number of morpholine rings is 1. The van der Waals surface area contributed by atoms with Crippen molar-refractivity contribution >= 4 is 33.7 Å². The number of anilines is 1. The molecule has 0 spiro atoms. The third kappa shape index (κ3) is 3.74. The number of hydrogen-bond donors (Lipinski definition) is 2. The van der Waals surface area contributed by atoms with Crippen molar-refractivity contribution in [3.05, 3.63) is 41.0 Å². The lowest BCUT2D eigenvalue weighted by molar-refractivity contribution is -0.154. The maximum Gasteiger partial charge on any atom is 0.334 e. The van der Waals surface area contributed by atoms with Crippen LogP contribution in [0.15, 0.2) is 41.0 Å². The number of carboxylic acids is 1. The molecule has 9 heteroatoms. The quantitative estimate of drug-likeness (QED) is 0.828. The maximum absolute atomic E-state index is 12.2. The average Bonchev–Trinajstić information content (AvgIpc) is 3.04. The Kier molecular flexibility index (Phi) is 4.81. The first-order chi connectivity index (χ1) is 11.5. The fraction of sp³-hybridized carbons (Fsp3) is 0.267. The molecule has 1 saturated heterocycles. The second-order valence-electron chi connectivity index (χ2n) is 5.20. The molecule has 1 unspecified atom stereocenters. The van der Waals surface area contributed by atoms with Gasteiger partial charge >= 0.3 is 12.0 Å². The SMILES string of the molecule is O=C(O)C1CN(C(=O)Nc2ccn(-c3ccc(Br)cc3)n2)CCO1. The second kappa shape index (κ2) is 7.02. The molecular formula is C15H15BrN4O4. The Balaban J connectivity index is 1.65. The van der Waals surface area contributed by atoms with E-state index < -0.39 is 18.1 Å². The van der Waals surface area contributed by atoms with Gasteiger partial charge in [-0.15, -0.1) is 5.10 Å². The number of rotatable bonds is 3. The summed E-state index contributed by atoms with van der Waals surface area (Å²) in [5.41, 5.74) is 0.857. The standard InChI is InChI=1S/C15H15BrN4O4/c16-10-1-3-11(4-2-10)20-6-5-13(18-20)17-15(23)19-7-8-24-12(9-19)14(21)22/h1-6,12H,7-9H2,(H,21,22)(H,17,18,23). The molecule has 1 atom stereocenters. The zero-order valence-corrected chi connectivity index (χ0v) is 14.1. The van der Waals surface area contributed by atoms with Crippen molar-refractivity contribution in [1.82, 2.24) is 14.7 Å². The number of urea groups is 1. The van der Waals surface area contributed by atoms with Gasteiger partial charge in [-0.3, -0.25) is 5.32 Å². The molecular weight excluding hydrogens is 380 g/mol. The predicted molar refractivity (Wildman–Crippen MR) is 89.2 cm³/mol. The van der Waals surface area contributed by atoms with Gasteiger partial charge in [0.25, 0.3) is 0 Å². The molecule has 2 heterocycles. The molecule has 1 aliphatic heterocycles. The normalized spacial score (nSPS) is 17.5. The number of aliphatic carboxylic acids is 1. The van der Waals surface area contributed by atoms with E-state index in [2.05, 4.69) is 26.3 Å². The molecule has 0 bridgehead atoms. The number of nitrogens with one attached hydrogen (secondary N) is 1. The van der Waals surface area contributed by atoms with Crippen molar-refractivity contribution in [2.24, 2.45) is 0 Å². The molecule has 0 saturated carbocycles. The van der Waals surface area contributed by atoms with Gasteiger partial charge in [-0.1, -0.05) is 15.9 Å². The second-order valence-corrected chi connectivity index (χ2v) is 6.11. The first-order valence-electron chi connectivity index (χ1n) is 7.25. The minimum absolute atomic E-state index is 0.00852. The van der Waals surface area contributed by atoms with Gasteiger partial charge in [0.05, 0.1) is 18.8 Å². The van der Waals surface area contributed by atoms with Gasteiger partial charge in [0.15, 0.2) is 11.9 Å². The number of amides is 2. The number of carboxylic acid groups (broad SMARTS) is 1. The summed E-state index contributed by atoms with van der Waals surface area (Å²) in [6.07, 6.45) is 0.739. The minimum atomic E-state index is -1.08. The fourth-order valence-corrected chi connectivity index (χ4v) is 2.56. The molecule has 0 aliphatic carbocycles. The van der Waals surface area contributed by atoms with Crippen molar-refractivity contribution in [2.75, 3.05) is 25.0 Å². The highest BCUT2D eigenvalue weighted by Gasteiger charge is 2.29. The van der Waals surface area contributed by atoms with Crippen molar-refractivity contribution in [3.8, 4) is 5.69 Å². The monoisotopic (exact) mass is 394 g/mol. The Hall–Kier alpha value is -2.39. The van der Waals surface area contributed by atoms with Crippen LogP contribution in [0, 0.1) is 0 Å². The summed E-state index contributed by atoms with van der Waals surface area (Å²) < 4.78 is 7.70. The Morgan fingerprint density at radius 1 is 1.29 bits per heavy atom. The fourth-order valence-electron chi connectivity index (χ4n) is 2.30. The number of carbonyl (C=O) groups excluding carboxylic acids is 1. The van der Waals surface area contributed by atoms with Gasteiger partial charge in [-0.25, -0.2) is 14.3 Å². The molecule has 3 rings (SSSR count). The van der Waals surface area contributed by atoms with Gasteiger partial charge in [0, 0.05) is 23.3 Å². The van der Waals surface area contributed by atoms with Crippen molar-refractivity contribution < 1.29 is 19.4 Å². The van der Waals surface area contributed by atoms with Crippen LogP contribution < -0.4 is 5.32 Å². The summed E-state index contributed by atoms with van der Waals surface area (Å²) in [6.45, 7) is 0.537. The molecule has 1 fully saturated rings.